The van der Waals surface area contributed by atoms with Crippen LogP contribution in [0.4, 0.5) is 13.2 Å². The van der Waals surface area contributed by atoms with Gasteiger partial charge in [0.15, 0.2) is 11.6 Å². The van der Waals surface area contributed by atoms with E-state index in [4.69, 9.17) is 0 Å². The predicted octanol–water partition coefficient (Wildman–Crippen LogP) is 2.62. The molecule has 0 spiro atoms. The molecule has 1 aliphatic heterocycles. The molecule has 1 aliphatic carbocycles. The summed E-state index contributed by atoms with van der Waals surface area (Å²) in [6.07, 6.45) is 2.63. The summed E-state index contributed by atoms with van der Waals surface area (Å²) in [4.78, 5) is 21.4. The molecule has 4 rings (SSSR count). The molecule has 2 aliphatic rings. The highest BCUT2D eigenvalue weighted by atomic mass is 19.2. The maximum Gasteiger partial charge on any atom is 0.255 e. The van der Waals surface area contributed by atoms with Gasteiger partial charge in [-0.05, 0) is 25.0 Å². The zero-order valence-electron chi connectivity index (χ0n) is 12.9. The third-order valence-electron chi connectivity index (χ3n) is 4.65. The summed E-state index contributed by atoms with van der Waals surface area (Å²) in [5.74, 6) is -1.92. The summed E-state index contributed by atoms with van der Waals surface area (Å²) in [6.45, 7) is 0.680. The van der Waals surface area contributed by atoms with Crippen molar-refractivity contribution in [2.24, 2.45) is 0 Å². The molecule has 0 amide bonds. The second kappa shape index (κ2) is 5.73. The maximum absolute atomic E-state index is 13.8. The number of benzene rings is 1. The Balaban J connectivity index is 1.59. The highest BCUT2D eigenvalue weighted by molar-refractivity contribution is 5.25. The van der Waals surface area contributed by atoms with E-state index in [2.05, 4.69) is 9.97 Å². The van der Waals surface area contributed by atoms with Gasteiger partial charge in [0.05, 0.1) is 11.3 Å². The quantitative estimate of drug-likeness (QED) is 0.877. The van der Waals surface area contributed by atoms with Crippen molar-refractivity contribution in [2.45, 2.75) is 38.3 Å². The van der Waals surface area contributed by atoms with Gasteiger partial charge in [0, 0.05) is 37.5 Å². The zero-order valence-corrected chi connectivity index (χ0v) is 12.9. The summed E-state index contributed by atoms with van der Waals surface area (Å²) in [7, 11) is 0. The molecule has 1 N–H and O–H groups in total. The van der Waals surface area contributed by atoms with Gasteiger partial charge in [0.1, 0.15) is 11.6 Å². The molecular weight excluding hydrogens is 319 g/mol. The van der Waals surface area contributed by atoms with Gasteiger partial charge >= 0.3 is 0 Å². The molecule has 1 saturated carbocycles. The van der Waals surface area contributed by atoms with E-state index in [1.165, 1.54) is 0 Å². The Morgan fingerprint density at radius 2 is 1.96 bits per heavy atom. The number of rotatable bonds is 3. The number of halogens is 3. The Bertz CT molecular complexity index is 861. The lowest BCUT2D eigenvalue weighted by molar-refractivity contribution is 0.233. The maximum atomic E-state index is 13.8. The third-order valence-corrected chi connectivity index (χ3v) is 4.65. The fourth-order valence-electron chi connectivity index (χ4n) is 3.12. The fourth-order valence-corrected chi connectivity index (χ4v) is 3.12. The molecule has 2 heterocycles. The first-order chi connectivity index (χ1) is 11.5. The average Bonchev–Trinajstić information content (AvgIpc) is 3.40. The van der Waals surface area contributed by atoms with Gasteiger partial charge in [-0.15, -0.1) is 0 Å². The molecule has 1 fully saturated rings. The molecule has 1 aromatic carbocycles. The summed E-state index contributed by atoms with van der Waals surface area (Å²) < 4.78 is 40.9. The lowest BCUT2D eigenvalue weighted by atomic mass is 10.1. The molecule has 2 aromatic rings. The Hall–Kier alpha value is -2.15. The molecule has 0 saturated heterocycles. The Morgan fingerprint density at radius 1 is 1.21 bits per heavy atom. The van der Waals surface area contributed by atoms with E-state index in [1.54, 1.807) is 4.90 Å². The van der Waals surface area contributed by atoms with Crippen molar-refractivity contribution in [2.75, 3.05) is 6.54 Å². The third kappa shape index (κ3) is 2.73. The zero-order chi connectivity index (χ0) is 16.8. The van der Waals surface area contributed by atoms with Crippen LogP contribution in [-0.4, -0.2) is 21.4 Å². The first-order valence-electron chi connectivity index (χ1n) is 7.99. The summed E-state index contributed by atoms with van der Waals surface area (Å²) in [6, 6.07) is 1.69. The van der Waals surface area contributed by atoms with E-state index in [9.17, 15) is 18.0 Å². The molecular formula is C17H16F3N3O. The first-order valence-corrected chi connectivity index (χ1v) is 7.99. The molecule has 126 valence electrons. The topological polar surface area (TPSA) is 49.0 Å². The number of aromatic nitrogens is 2. The number of nitrogens with one attached hydrogen (secondary N) is 1. The van der Waals surface area contributed by atoms with E-state index in [1.807, 2.05) is 0 Å². The van der Waals surface area contributed by atoms with Gasteiger partial charge in [0.25, 0.3) is 5.56 Å². The van der Waals surface area contributed by atoms with Crippen molar-refractivity contribution < 1.29 is 13.2 Å². The highest BCUT2D eigenvalue weighted by Gasteiger charge is 2.29. The molecule has 24 heavy (non-hydrogen) atoms. The lowest BCUT2D eigenvalue weighted by Gasteiger charge is -2.28. The molecule has 0 unspecified atom stereocenters. The number of hydrogen-bond acceptors (Lipinski definition) is 3. The van der Waals surface area contributed by atoms with Gasteiger partial charge < -0.3 is 4.98 Å². The molecule has 0 radical (unpaired) electrons. The normalized spacial score (nSPS) is 17.8. The SMILES string of the molecule is O=c1[nH]c(C2CC2)nc2c1CN(Cc1c(F)ccc(F)c1F)CC2. The van der Waals surface area contributed by atoms with Crippen LogP contribution in [0.5, 0.6) is 0 Å². The minimum absolute atomic E-state index is 0.0846. The molecule has 0 bridgehead atoms. The van der Waals surface area contributed by atoms with Gasteiger partial charge in [-0.2, -0.15) is 0 Å². The minimum Gasteiger partial charge on any atom is -0.310 e. The summed E-state index contributed by atoms with van der Waals surface area (Å²) in [5.41, 5.74) is 0.796. The van der Waals surface area contributed by atoms with E-state index in [0.717, 1.165) is 36.5 Å². The Morgan fingerprint density at radius 3 is 2.71 bits per heavy atom. The second-order valence-corrected chi connectivity index (χ2v) is 6.43. The fraction of sp³-hybridized carbons (Fsp3) is 0.412. The first kappa shape index (κ1) is 15.4. The van der Waals surface area contributed by atoms with Crippen molar-refractivity contribution >= 4 is 0 Å². The number of aromatic amines is 1. The van der Waals surface area contributed by atoms with E-state index in [0.29, 0.717) is 24.4 Å². The van der Waals surface area contributed by atoms with Crippen molar-refractivity contribution in [3.05, 3.63) is 62.6 Å². The monoisotopic (exact) mass is 335 g/mol. The average molecular weight is 335 g/mol. The largest absolute Gasteiger partial charge is 0.310 e. The second-order valence-electron chi connectivity index (χ2n) is 6.43. The van der Waals surface area contributed by atoms with Crippen molar-refractivity contribution in [1.29, 1.82) is 0 Å². The van der Waals surface area contributed by atoms with Crippen LogP contribution in [0.15, 0.2) is 16.9 Å². The smallest absolute Gasteiger partial charge is 0.255 e. The van der Waals surface area contributed by atoms with Crippen LogP contribution in [-0.2, 0) is 19.5 Å². The number of fused-ring (bicyclic) bond motifs is 1. The molecule has 0 atom stereocenters. The van der Waals surface area contributed by atoms with Crippen LogP contribution in [0.2, 0.25) is 0 Å². The van der Waals surface area contributed by atoms with Crippen molar-refractivity contribution in [3.63, 3.8) is 0 Å². The Labute approximate surface area is 136 Å². The highest BCUT2D eigenvalue weighted by Crippen LogP contribution is 2.37. The van der Waals surface area contributed by atoms with Crippen molar-refractivity contribution in [1.82, 2.24) is 14.9 Å². The van der Waals surface area contributed by atoms with E-state index >= 15 is 0 Å². The molecule has 7 heteroatoms. The molecule has 4 nitrogen and oxygen atoms in total. The number of H-pyrrole nitrogens is 1. The summed E-state index contributed by atoms with van der Waals surface area (Å²) in [5, 5.41) is 0. The Kier molecular flexibility index (Phi) is 3.68. The van der Waals surface area contributed by atoms with E-state index in [-0.39, 0.29) is 24.2 Å². The van der Waals surface area contributed by atoms with Crippen LogP contribution >= 0.6 is 0 Å². The lowest BCUT2D eigenvalue weighted by Crippen LogP contribution is -2.36. The van der Waals surface area contributed by atoms with Crippen LogP contribution in [0, 0.1) is 17.5 Å². The van der Waals surface area contributed by atoms with Gasteiger partial charge in [-0.3, -0.25) is 9.69 Å². The van der Waals surface area contributed by atoms with Gasteiger partial charge in [-0.25, -0.2) is 18.2 Å². The predicted molar refractivity (Wildman–Crippen MR) is 81.0 cm³/mol. The number of hydrogen-bond donors (Lipinski definition) is 1. The molecule has 1 aromatic heterocycles. The van der Waals surface area contributed by atoms with Crippen molar-refractivity contribution in [3.8, 4) is 0 Å². The van der Waals surface area contributed by atoms with Crippen LogP contribution in [0.1, 0.15) is 41.4 Å². The van der Waals surface area contributed by atoms with E-state index < -0.39 is 17.5 Å². The summed E-state index contributed by atoms with van der Waals surface area (Å²) >= 11 is 0. The van der Waals surface area contributed by atoms with Crippen LogP contribution in [0.3, 0.4) is 0 Å². The number of nitrogens with zero attached hydrogens (tertiary/aromatic N) is 2. The van der Waals surface area contributed by atoms with Gasteiger partial charge in [-0.1, -0.05) is 0 Å². The van der Waals surface area contributed by atoms with Gasteiger partial charge in [0.2, 0.25) is 0 Å². The standard InChI is InChI=1S/C17H16F3N3O/c18-12-3-4-13(19)15(20)10(12)7-23-6-5-14-11(8-23)17(24)22-16(21-14)9-1-2-9/h3-4,9H,1-2,5-8H2,(H,21,22,24). The van der Waals surface area contributed by atoms with Crippen LogP contribution < -0.4 is 5.56 Å². The van der Waals surface area contributed by atoms with Crippen LogP contribution in [0.25, 0.3) is 0 Å². The minimum atomic E-state index is -1.17.